The van der Waals surface area contributed by atoms with E-state index in [1.807, 2.05) is 15.9 Å². The van der Waals surface area contributed by atoms with E-state index in [0.29, 0.717) is 6.54 Å². The van der Waals surface area contributed by atoms with Gasteiger partial charge in [0.25, 0.3) is 0 Å². The van der Waals surface area contributed by atoms with E-state index in [-0.39, 0.29) is 29.8 Å². The van der Waals surface area contributed by atoms with Crippen LogP contribution in [0.2, 0.25) is 0 Å². The van der Waals surface area contributed by atoms with Gasteiger partial charge in [0.1, 0.15) is 6.04 Å². The lowest BCUT2D eigenvalue weighted by molar-refractivity contribution is -0.144. The van der Waals surface area contributed by atoms with Crippen molar-refractivity contribution in [1.82, 2.24) is 20.0 Å². The molecule has 170 valence electrons. The van der Waals surface area contributed by atoms with Gasteiger partial charge in [0.2, 0.25) is 11.8 Å². The zero-order valence-corrected chi connectivity index (χ0v) is 19.3. The summed E-state index contributed by atoms with van der Waals surface area (Å²) >= 11 is 1.77. The topological polar surface area (TPSA) is 55.9 Å². The van der Waals surface area contributed by atoms with Gasteiger partial charge in [0.15, 0.2) is 0 Å². The van der Waals surface area contributed by atoms with E-state index in [0.717, 1.165) is 58.5 Å². The molecular formula is C25H32N4O2S. The number of rotatable bonds is 7. The molecule has 1 aromatic carbocycles. The highest BCUT2D eigenvalue weighted by Crippen LogP contribution is 2.35. The van der Waals surface area contributed by atoms with Crippen LogP contribution in [-0.4, -0.2) is 71.3 Å². The second-order valence-corrected chi connectivity index (χ2v) is 10.2. The van der Waals surface area contributed by atoms with Gasteiger partial charge in [-0.2, -0.15) is 0 Å². The molecule has 1 N–H and O–H groups in total. The van der Waals surface area contributed by atoms with Crippen LogP contribution in [0.15, 0.2) is 47.8 Å². The second kappa shape index (κ2) is 9.73. The molecule has 3 heterocycles. The van der Waals surface area contributed by atoms with E-state index in [1.54, 1.807) is 11.3 Å². The summed E-state index contributed by atoms with van der Waals surface area (Å²) in [5.74, 6) is 0.461. The summed E-state index contributed by atoms with van der Waals surface area (Å²) in [4.78, 5) is 34.3. The molecule has 1 saturated carbocycles. The van der Waals surface area contributed by atoms with Crippen LogP contribution < -0.4 is 5.32 Å². The Labute approximate surface area is 194 Å². The Kier molecular flexibility index (Phi) is 6.57. The van der Waals surface area contributed by atoms with Crippen molar-refractivity contribution in [1.29, 1.82) is 0 Å². The first kappa shape index (κ1) is 21.6. The summed E-state index contributed by atoms with van der Waals surface area (Å²) < 4.78 is 0. The largest absolute Gasteiger partial charge is 0.338 e. The maximum atomic E-state index is 13.5. The highest BCUT2D eigenvalue weighted by molar-refractivity contribution is 7.09. The normalized spacial score (nSPS) is 23.7. The minimum atomic E-state index is -0.326. The fourth-order valence-electron chi connectivity index (χ4n) is 4.95. The number of likely N-dealkylation sites (tertiary alicyclic amines) is 1. The average molecular weight is 453 g/mol. The first-order valence-electron chi connectivity index (χ1n) is 11.8. The summed E-state index contributed by atoms with van der Waals surface area (Å²) in [6.07, 6.45) is 2.66. The third-order valence-electron chi connectivity index (χ3n) is 6.89. The monoisotopic (exact) mass is 452 g/mol. The lowest BCUT2D eigenvalue weighted by Crippen LogP contribution is -2.53. The molecule has 2 amide bonds. The van der Waals surface area contributed by atoms with Crippen LogP contribution in [0.5, 0.6) is 0 Å². The number of benzene rings is 1. The highest BCUT2D eigenvalue weighted by atomic mass is 32.1. The van der Waals surface area contributed by atoms with Crippen molar-refractivity contribution in [2.45, 2.75) is 44.4 Å². The number of nitrogens with one attached hydrogen (secondary N) is 1. The Morgan fingerprint density at radius 1 is 1.00 bits per heavy atom. The fourth-order valence-corrected chi connectivity index (χ4v) is 5.68. The standard InChI is InChI=1S/C25H32N4O2S/c30-24(20-8-9-20)29-17-21(15-23(29)25(31)27-12-10-26-11-13-27)28(18-22-7-4-14-32-22)16-19-5-2-1-3-6-19/h1-7,14,20-21,23,26H,8-13,15-18H2. The van der Waals surface area contributed by atoms with Gasteiger partial charge in [-0.25, -0.2) is 0 Å². The van der Waals surface area contributed by atoms with E-state index < -0.39 is 0 Å². The maximum absolute atomic E-state index is 13.5. The van der Waals surface area contributed by atoms with Crippen molar-refractivity contribution in [2.75, 3.05) is 32.7 Å². The zero-order chi connectivity index (χ0) is 21.9. The van der Waals surface area contributed by atoms with E-state index in [1.165, 1.54) is 10.4 Å². The molecule has 2 saturated heterocycles. The zero-order valence-electron chi connectivity index (χ0n) is 18.5. The first-order valence-corrected chi connectivity index (χ1v) is 12.7. The van der Waals surface area contributed by atoms with Crippen LogP contribution >= 0.6 is 11.3 Å². The van der Waals surface area contributed by atoms with Gasteiger partial charge >= 0.3 is 0 Å². The molecule has 2 aliphatic heterocycles. The van der Waals surface area contributed by atoms with Gasteiger partial charge < -0.3 is 15.1 Å². The molecule has 2 atom stereocenters. The second-order valence-electron chi connectivity index (χ2n) is 9.22. The Morgan fingerprint density at radius 2 is 1.78 bits per heavy atom. The number of hydrogen-bond donors (Lipinski definition) is 1. The number of piperazine rings is 1. The number of carbonyl (C=O) groups is 2. The van der Waals surface area contributed by atoms with Crippen molar-refractivity contribution in [3.63, 3.8) is 0 Å². The van der Waals surface area contributed by atoms with Gasteiger partial charge in [0.05, 0.1) is 0 Å². The minimum absolute atomic E-state index is 0.131. The number of thiophene rings is 1. The van der Waals surface area contributed by atoms with Crippen molar-refractivity contribution in [2.24, 2.45) is 5.92 Å². The molecule has 5 rings (SSSR count). The van der Waals surface area contributed by atoms with Gasteiger partial charge in [0, 0.05) is 62.7 Å². The van der Waals surface area contributed by atoms with Crippen molar-refractivity contribution in [3.8, 4) is 0 Å². The molecule has 7 heteroatoms. The summed E-state index contributed by atoms with van der Waals surface area (Å²) in [5.41, 5.74) is 1.26. The van der Waals surface area contributed by atoms with E-state index >= 15 is 0 Å². The van der Waals surface area contributed by atoms with Crippen LogP contribution in [0.1, 0.15) is 29.7 Å². The summed E-state index contributed by atoms with van der Waals surface area (Å²) in [5, 5.41) is 5.44. The molecule has 3 fully saturated rings. The maximum Gasteiger partial charge on any atom is 0.245 e. The quantitative estimate of drug-likeness (QED) is 0.702. The summed E-state index contributed by atoms with van der Waals surface area (Å²) in [6.45, 7) is 5.44. The van der Waals surface area contributed by atoms with Crippen molar-refractivity contribution < 1.29 is 9.59 Å². The number of nitrogens with zero attached hydrogens (tertiary/aromatic N) is 3. The molecule has 1 aromatic heterocycles. The van der Waals surface area contributed by atoms with Gasteiger partial charge in [-0.05, 0) is 36.3 Å². The molecule has 0 spiro atoms. The molecule has 0 radical (unpaired) electrons. The van der Waals surface area contributed by atoms with Crippen LogP contribution in [0, 0.1) is 5.92 Å². The highest BCUT2D eigenvalue weighted by Gasteiger charge is 2.46. The average Bonchev–Trinajstić information content (AvgIpc) is 3.38. The molecule has 1 aliphatic carbocycles. The van der Waals surface area contributed by atoms with Gasteiger partial charge in [-0.1, -0.05) is 36.4 Å². The Balaban J connectivity index is 1.37. The number of carbonyl (C=O) groups excluding carboxylic acids is 2. The van der Waals surface area contributed by atoms with Crippen LogP contribution in [0.4, 0.5) is 0 Å². The van der Waals surface area contributed by atoms with Crippen LogP contribution in [0.3, 0.4) is 0 Å². The molecule has 2 unspecified atom stereocenters. The first-order chi connectivity index (χ1) is 15.7. The Morgan fingerprint density at radius 3 is 2.47 bits per heavy atom. The number of hydrogen-bond acceptors (Lipinski definition) is 5. The molecule has 6 nitrogen and oxygen atoms in total. The van der Waals surface area contributed by atoms with Crippen molar-refractivity contribution >= 4 is 23.2 Å². The Hall–Kier alpha value is -2.22. The minimum Gasteiger partial charge on any atom is -0.338 e. The molecule has 3 aliphatic rings. The van der Waals surface area contributed by atoms with Crippen LogP contribution in [0.25, 0.3) is 0 Å². The van der Waals surface area contributed by atoms with E-state index in [4.69, 9.17) is 0 Å². The SMILES string of the molecule is O=C(C1CC(N(Cc2ccccc2)Cc2cccs2)CN1C(=O)C1CC1)N1CCNCC1. The smallest absolute Gasteiger partial charge is 0.245 e. The predicted octanol–water partition coefficient (Wildman–Crippen LogP) is 2.56. The van der Waals surface area contributed by atoms with Gasteiger partial charge in [-0.15, -0.1) is 11.3 Å². The third-order valence-corrected chi connectivity index (χ3v) is 7.75. The van der Waals surface area contributed by atoms with Crippen LogP contribution in [-0.2, 0) is 22.7 Å². The van der Waals surface area contributed by atoms with E-state index in [2.05, 4.69) is 52.0 Å². The molecule has 0 bridgehead atoms. The predicted molar refractivity (Wildman–Crippen MR) is 126 cm³/mol. The lowest BCUT2D eigenvalue weighted by Gasteiger charge is -2.32. The summed E-state index contributed by atoms with van der Waals surface area (Å²) in [6, 6.07) is 14.6. The molecule has 2 aromatic rings. The molecular weight excluding hydrogens is 420 g/mol. The Bertz CT molecular complexity index is 909. The molecule has 32 heavy (non-hydrogen) atoms. The number of amides is 2. The fraction of sp³-hybridized carbons (Fsp3) is 0.520. The van der Waals surface area contributed by atoms with E-state index in [9.17, 15) is 9.59 Å². The lowest BCUT2D eigenvalue weighted by atomic mass is 10.1. The van der Waals surface area contributed by atoms with Crippen molar-refractivity contribution in [3.05, 3.63) is 58.3 Å². The summed E-state index contributed by atoms with van der Waals surface area (Å²) in [7, 11) is 0. The van der Waals surface area contributed by atoms with Gasteiger partial charge in [-0.3, -0.25) is 14.5 Å². The third kappa shape index (κ3) is 4.90.